The molecule has 0 aliphatic carbocycles. The second-order valence-corrected chi connectivity index (χ2v) is 6.45. The van der Waals surface area contributed by atoms with Gasteiger partial charge in [0.2, 0.25) is 5.91 Å². The molecule has 0 spiro atoms. The van der Waals surface area contributed by atoms with Gasteiger partial charge >= 0.3 is 0 Å². The number of ether oxygens (including phenoxy) is 1. The number of nitrogens with one attached hydrogen (secondary N) is 2. The SMILES string of the molecule is COc1ccc([C@@H](CNC(=O)Cc2ccc(Cl)cc2)[NH+](C)C)cc1. The van der Waals surface area contributed by atoms with Crippen molar-refractivity contribution >= 4 is 17.5 Å². The molecule has 24 heavy (non-hydrogen) atoms. The van der Waals surface area contributed by atoms with Crippen molar-refractivity contribution in [3.63, 3.8) is 0 Å². The summed E-state index contributed by atoms with van der Waals surface area (Å²) in [5, 5.41) is 3.71. The van der Waals surface area contributed by atoms with Crippen LogP contribution < -0.4 is 15.0 Å². The lowest BCUT2D eigenvalue weighted by molar-refractivity contribution is -0.890. The first-order chi connectivity index (χ1) is 11.5. The molecule has 0 aliphatic heterocycles. The molecule has 0 aromatic heterocycles. The second kappa shape index (κ2) is 8.71. The van der Waals surface area contributed by atoms with E-state index in [1.165, 1.54) is 10.5 Å². The molecule has 0 heterocycles. The Balaban J connectivity index is 1.95. The van der Waals surface area contributed by atoms with Crippen molar-refractivity contribution in [2.45, 2.75) is 12.5 Å². The van der Waals surface area contributed by atoms with Crippen molar-refractivity contribution in [1.82, 2.24) is 5.32 Å². The fraction of sp³-hybridized carbons (Fsp3) is 0.316. The number of benzene rings is 2. The van der Waals surface area contributed by atoms with Gasteiger partial charge in [-0.05, 0) is 42.0 Å². The van der Waals surface area contributed by atoms with Crippen molar-refractivity contribution in [1.29, 1.82) is 0 Å². The summed E-state index contributed by atoms with van der Waals surface area (Å²) in [6.45, 7) is 0.584. The molecular weight excluding hydrogens is 324 g/mol. The van der Waals surface area contributed by atoms with E-state index in [1.54, 1.807) is 19.2 Å². The third-order valence-electron chi connectivity index (χ3n) is 4.00. The Morgan fingerprint density at radius 1 is 1.12 bits per heavy atom. The van der Waals surface area contributed by atoms with Crippen LogP contribution >= 0.6 is 11.6 Å². The molecule has 2 N–H and O–H groups in total. The lowest BCUT2D eigenvalue weighted by atomic mass is 10.1. The molecule has 0 radical (unpaired) electrons. The molecule has 0 fully saturated rings. The van der Waals surface area contributed by atoms with E-state index in [9.17, 15) is 4.79 Å². The van der Waals surface area contributed by atoms with E-state index in [1.807, 2.05) is 36.4 Å². The standard InChI is InChI=1S/C19H23ClN2O2/c1-22(2)18(15-6-10-17(24-3)11-7-15)13-21-19(23)12-14-4-8-16(20)9-5-14/h4-11,18H,12-13H2,1-3H3,(H,21,23)/p+1/t18-/m1/s1. The quantitative estimate of drug-likeness (QED) is 0.803. The third-order valence-corrected chi connectivity index (χ3v) is 4.25. The first-order valence-corrected chi connectivity index (χ1v) is 8.32. The lowest BCUT2D eigenvalue weighted by Crippen LogP contribution is -3.07. The van der Waals surface area contributed by atoms with Gasteiger partial charge in [0.15, 0.2) is 0 Å². The summed E-state index contributed by atoms with van der Waals surface area (Å²) in [6.07, 6.45) is 0.356. The van der Waals surface area contributed by atoms with Crippen LogP contribution in [0.3, 0.4) is 0 Å². The number of likely N-dealkylation sites (N-methyl/N-ethyl adjacent to an activating group) is 1. The van der Waals surface area contributed by atoms with Crippen LogP contribution in [0.2, 0.25) is 5.02 Å². The molecular formula is C19H24ClN2O2+. The average molecular weight is 348 g/mol. The Morgan fingerprint density at radius 3 is 2.29 bits per heavy atom. The Labute approximate surface area is 148 Å². The van der Waals surface area contributed by atoms with Gasteiger partial charge in [0.25, 0.3) is 0 Å². The lowest BCUT2D eigenvalue weighted by Gasteiger charge is -2.22. The smallest absolute Gasteiger partial charge is 0.224 e. The van der Waals surface area contributed by atoms with Gasteiger partial charge in [0.1, 0.15) is 11.8 Å². The Kier molecular flexibility index (Phi) is 6.64. The number of methoxy groups -OCH3 is 1. The molecule has 0 saturated heterocycles. The van der Waals surface area contributed by atoms with Gasteiger partial charge in [0.05, 0.1) is 34.2 Å². The highest BCUT2D eigenvalue weighted by molar-refractivity contribution is 6.30. The zero-order chi connectivity index (χ0) is 17.5. The molecule has 1 atom stereocenters. The molecule has 0 unspecified atom stereocenters. The summed E-state index contributed by atoms with van der Waals surface area (Å²) in [4.78, 5) is 13.4. The van der Waals surface area contributed by atoms with Crippen LogP contribution in [0.1, 0.15) is 17.2 Å². The van der Waals surface area contributed by atoms with Crippen molar-refractivity contribution in [3.05, 3.63) is 64.7 Å². The second-order valence-electron chi connectivity index (χ2n) is 6.01. The van der Waals surface area contributed by atoms with Gasteiger partial charge < -0.3 is 15.0 Å². The van der Waals surface area contributed by atoms with Gasteiger partial charge in [-0.25, -0.2) is 0 Å². The maximum Gasteiger partial charge on any atom is 0.224 e. The minimum Gasteiger partial charge on any atom is -0.497 e. The third kappa shape index (κ3) is 5.25. The molecule has 0 aliphatic rings. The first-order valence-electron chi connectivity index (χ1n) is 7.94. The van der Waals surface area contributed by atoms with Crippen LogP contribution in [0.4, 0.5) is 0 Å². The number of quaternary nitrogens is 1. The number of hydrogen-bond donors (Lipinski definition) is 2. The van der Waals surface area contributed by atoms with E-state index in [0.717, 1.165) is 11.3 Å². The maximum atomic E-state index is 12.2. The summed E-state index contributed by atoms with van der Waals surface area (Å²) in [5.41, 5.74) is 2.12. The molecule has 2 rings (SSSR count). The van der Waals surface area contributed by atoms with Gasteiger partial charge in [-0.3, -0.25) is 4.79 Å². The molecule has 2 aromatic rings. The van der Waals surface area contributed by atoms with Crippen molar-refractivity contribution < 1.29 is 14.4 Å². The highest BCUT2D eigenvalue weighted by Gasteiger charge is 2.18. The summed E-state index contributed by atoms with van der Waals surface area (Å²) < 4.78 is 5.20. The largest absolute Gasteiger partial charge is 0.497 e. The van der Waals surface area contributed by atoms with Crippen molar-refractivity contribution in [2.75, 3.05) is 27.7 Å². The predicted molar refractivity (Wildman–Crippen MR) is 96.7 cm³/mol. The molecule has 2 aromatic carbocycles. The minimum atomic E-state index is 0.0112. The number of carbonyl (C=O) groups excluding carboxylic acids is 1. The monoisotopic (exact) mass is 347 g/mol. The highest BCUT2D eigenvalue weighted by atomic mass is 35.5. The molecule has 5 heteroatoms. The normalized spacial score (nSPS) is 12.0. The van der Waals surface area contributed by atoms with Gasteiger partial charge in [-0.2, -0.15) is 0 Å². The van der Waals surface area contributed by atoms with Gasteiger partial charge in [0, 0.05) is 10.6 Å². The Morgan fingerprint density at radius 2 is 1.75 bits per heavy atom. The van der Waals surface area contributed by atoms with E-state index >= 15 is 0 Å². The van der Waals surface area contributed by atoms with Gasteiger partial charge in [-0.1, -0.05) is 23.7 Å². The van der Waals surface area contributed by atoms with E-state index < -0.39 is 0 Å². The zero-order valence-corrected chi connectivity index (χ0v) is 15.1. The van der Waals surface area contributed by atoms with Crippen LogP contribution in [0.5, 0.6) is 5.75 Å². The summed E-state index contributed by atoms with van der Waals surface area (Å²) >= 11 is 5.86. The molecule has 0 saturated carbocycles. The summed E-state index contributed by atoms with van der Waals surface area (Å²) in [5.74, 6) is 0.843. The number of carbonyl (C=O) groups is 1. The van der Waals surface area contributed by atoms with Crippen LogP contribution in [-0.2, 0) is 11.2 Å². The van der Waals surface area contributed by atoms with E-state index in [-0.39, 0.29) is 11.9 Å². The summed E-state index contributed by atoms with van der Waals surface area (Å²) in [6, 6.07) is 15.5. The van der Waals surface area contributed by atoms with E-state index in [2.05, 4.69) is 19.4 Å². The fourth-order valence-corrected chi connectivity index (χ4v) is 2.68. The number of halogens is 1. The number of rotatable bonds is 7. The van der Waals surface area contributed by atoms with Crippen LogP contribution in [0.25, 0.3) is 0 Å². The Hall–Kier alpha value is -2.04. The van der Waals surface area contributed by atoms with Gasteiger partial charge in [-0.15, -0.1) is 0 Å². The molecule has 128 valence electrons. The predicted octanol–water partition coefficient (Wildman–Crippen LogP) is 1.89. The van der Waals surface area contributed by atoms with E-state index in [4.69, 9.17) is 16.3 Å². The first kappa shape index (κ1) is 18.3. The van der Waals surface area contributed by atoms with Crippen LogP contribution in [-0.4, -0.2) is 33.7 Å². The number of amides is 1. The van der Waals surface area contributed by atoms with Crippen LogP contribution in [0.15, 0.2) is 48.5 Å². The van der Waals surface area contributed by atoms with Crippen molar-refractivity contribution in [3.8, 4) is 5.75 Å². The maximum absolute atomic E-state index is 12.2. The Bertz CT molecular complexity index is 654. The molecule has 1 amide bonds. The van der Waals surface area contributed by atoms with Crippen molar-refractivity contribution in [2.24, 2.45) is 0 Å². The fourth-order valence-electron chi connectivity index (χ4n) is 2.56. The minimum absolute atomic E-state index is 0.0112. The molecule has 4 nitrogen and oxygen atoms in total. The van der Waals surface area contributed by atoms with E-state index in [0.29, 0.717) is 18.0 Å². The number of hydrogen-bond acceptors (Lipinski definition) is 2. The topological polar surface area (TPSA) is 42.8 Å². The summed E-state index contributed by atoms with van der Waals surface area (Å²) in [7, 11) is 5.82. The highest BCUT2D eigenvalue weighted by Crippen LogP contribution is 2.15. The van der Waals surface area contributed by atoms with Crippen LogP contribution in [0, 0.1) is 0 Å². The molecule has 0 bridgehead atoms. The average Bonchev–Trinajstić information content (AvgIpc) is 2.57. The zero-order valence-electron chi connectivity index (χ0n) is 14.3.